The molecule has 22 heavy (non-hydrogen) atoms. The number of hydrogen-bond acceptors (Lipinski definition) is 6. The Kier molecular flexibility index (Phi) is 5.62. The lowest BCUT2D eigenvalue weighted by atomic mass is 10.1. The molecular weight excluding hydrogens is 294 g/mol. The summed E-state index contributed by atoms with van der Waals surface area (Å²) in [5.41, 5.74) is -0.123. The molecule has 1 aromatic rings. The van der Waals surface area contributed by atoms with E-state index in [0.29, 0.717) is 0 Å². The summed E-state index contributed by atoms with van der Waals surface area (Å²) < 4.78 is 9.79. The van der Waals surface area contributed by atoms with Crippen molar-refractivity contribution in [2.75, 3.05) is 0 Å². The summed E-state index contributed by atoms with van der Waals surface area (Å²) in [5.74, 6) is -3.75. The van der Waals surface area contributed by atoms with Crippen LogP contribution in [0.4, 0.5) is 0 Å². The Balaban J connectivity index is 3.21. The lowest BCUT2D eigenvalue weighted by Crippen LogP contribution is -2.38. The molecule has 1 amide bonds. The number of rotatable bonds is 5. The summed E-state index contributed by atoms with van der Waals surface area (Å²) in [6, 6.07) is 2.92. The number of carboxylic acid groups (broad SMARTS) is 1. The fourth-order valence-corrected chi connectivity index (χ4v) is 1.51. The second-order valence-electron chi connectivity index (χ2n) is 4.35. The van der Waals surface area contributed by atoms with Crippen LogP contribution in [0.3, 0.4) is 0 Å². The zero-order valence-electron chi connectivity index (χ0n) is 12.2. The molecule has 1 rings (SSSR count). The smallest absolute Gasteiger partial charge is 0.325 e. The van der Waals surface area contributed by atoms with Crippen LogP contribution in [0.2, 0.25) is 0 Å². The Morgan fingerprint density at radius 2 is 1.68 bits per heavy atom. The predicted molar refractivity (Wildman–Crippen MR) is 73.6 cm³/mol. The second-order valence-corrected chi connectivity index (χ2v) is 4.35. The van der Waals surface area contributed by atoms with E-state index in [1.54, 1.807) is 0 Å². The van der Waals surface area contributed by atoms with Crippen molar-refractivity contribution in [1.29, 1.82) is 0 Å². The third kappa shape index (κ3) is 4.58. The summed E-state index contributed by atoms with van der Waals surface area (Å²) in [4.78, 5) is 45.1. The molecule has 118 valence electrons. The van der Waals surface area contributed by atoms with Gasteiger partial charge in [-0.05, 0) is 19.1 Å². The molecule has 8 heteroatoms. The quantitative estimate of drug-likeness (QED) is 0.608. The van der Waals surface area contributed by atoms with E-state index in [9.17, 15) is 19.2 Å². The van der Waals surface area contributed by atoms with Crippen LogP contribution in [0.5, 0.6) is 11.5 Å². The van der Waals surface area contributed by atoms with E-state index in [0.717, 1.165) is 13.8 Å². The van der Waals surface area contributed by atoms with Gasteiger partial charge >= 0.3 is 17.9 Å². The Hall–Kier alpha value is -2.90. The van der Waals surface area contributed by atoms with Gasteiger partial charge in [0.1, 0.15) is 6.04 Å². The van der Waals surface area contributed by atoms with E-state index < -0.39 is 29.9 Å². The molecule has 0 heterocycles. The van der Waals surface area contributed by atoms with Gasteiger partial charge in [-0.25, -0.2) is 0 Å². The molecule has 1 aromatic carbocycles. The molecule has 0 radical (unpaired) electrons. The highest BCUT2D eigenvalue weighted by atomic mass is 16.6. The predicted octanol–water partition coefficient (Wildman–Crippen LogP) is 0.740. The van der Waals surface area contributed by atoms with Crippen LogP contribution >= 0.6 is 0 Å². The second kappa shape index (κ2) is 7.21. The van der Waals surface area contributed by atoms with Crippen molar-refractivity contribution < 1.29 is 33.8 Å². The molecular formula is C14H15NO7. The molecule has 0 spiro atoms. The number of carbonyl (C=O) groups is 4. The van der Waals surface area contributed by atoms with Crippen molar-refractivity contribution in [1.82, 2.24) is 5.32 Å². The standard InChI is InChI=1S/C14H15NO7/c1-7(14(19)20)15-13(18)10-5-4-6-11(21-8(2)16)12(10)22-9(3)17/h4-7H,1-3H3,(H,15,18)(H,19,20). The Morgan fingerprint density at radius 1 is 1.09 bits per heavy atom. The minimum absolute atomic E-state index is 0.113. The van der Waals surface area contributed by atoms with Crippen molar-refractivity contribution in [2.45, 2.75) is 26.8 Å². The third-order valence-electron chi connectivity index (χ3n) is 2.44. The first-order valence-electron chi connectivity index (χ1n) is 6.26. The average molecular weight is 309 g/mol. The molecule has 0 aliphatic rings. The third-order valence-corrected chi connectivity index (χ3v) is 2.44. The summed E-state index contributed by atoms with van der Waals surface area (Å²) in [6.07, 6.45) is 0. The van der Waals surface area contributed by atoms with Crippen molar-refractivity contribution in [3.63, 3.8) is 0 Å². The Morgan fingerprint density at radius 3 is 2.18 bits per heavy atom. The van der Waals surface area contributed by atoms with Crippen LogP contribution < -0.4 is 14.8 Å². The van der Waals surface area contributed by atoms with Gasteiger partial charge in [0.2, 0.25) is 0 Å². The highest BCUT2D eigenvalue weighted by Crippen LogP contribution is 2.31. The molecule has 0 aliphatic heterocycles. The van der Waals surface area contributed by atoms with E-state index in [1.165, 1.54) is 25.1 Å². The van der Waals surface area contributed by atoms with Crippen LogP contribution in [0.1, 0.15) is 31.1 Å². The van der Waals surface area contributed by atoms with Gasteiger partial charge in [0, 0.05) is 13.8 Å². The number of para-hydroxylation sites is 1. The zero-order valence-corrected chi connectivity index (χ0v) is 12.2. The summed E-state index contributed by atoms with van der Waals surface area (Å²) >= 11 is 0. The molecule has 0 aliphatic carbocycles. The number of nitrogens with one attached hydrogen (secondary N) is 1. The molecule has 2 N–H and O–H groups in total. The van der Waals surface area contributed by atoms with E-state index in [-0.39, 0.29) is 17.1 Å². The normalized spacial score (nSPS) is 11.2. The molecule has 1 atom stereocenters. The van der Waals surface area contributed by atoms with Gasteiger partial charge in [-0.15, -0.1) is 0 Å². The van der Waals surface area contributed by atoms with E-state index >= 15 is 0 Å². The number of benzene rings is 1. The van der Waals surface area contributed by atoms with Crippen LogP contribution in [-0.4, -0.2) is 35.0 Å². The average Bonchev–Trinajstić information content (AvgIpc) is 2.39. The van der Waals surface area contributed by atoms with Gasteiger partial charge in [0.25, 0.3) is 5.91 Å². The van der Waals surface area contributed by atoms with Crippen molar-refractivity contribution in [3.8, 4) is 11.5 Å². The SMILES string of the molecule is CC(=O)Oc1cccc(C(=O)NC(C)C(=O)O)c1OC(C)=O. The Labute approximate surface area is 126 Å². The number of ether oxygens (including phenoxy) is 2. The first kappa shape index (κ1) is 17.2. The van der Waals surface area contributed by atoms with Gasteiger partial charge in [-0.1, -0.05) is 6.07 Å². The summed E-state index contributed by atoms with van der Waals surface area (Å²) in [6.45, 7) is 3.55. The van der Waals surface area contributed by atoms with Gasteiger partial charge in [-0.2, -0.15) is 0 Å². The topological polar surface area (TPSA) is 119 Å². The maximum atomic E-state index is 12.1. The molecule has 1 unspecified atom stereocenters. The van der Waals surface area contributed by atoms with E-state index in [4.69, 9.17) is 14.6 Å². The number of hydrogen-bond donors (Lipinski definition) is 2. The molecule has 0 bridgehead atoms. The monoisotopic (exact) mass is 309 g/mol. The van der Waals surface area contributed by atoms with Crippen molar-refractivity contribution in [2.24, 2.45) is 0 Å². The van der Waals surface area contributed by atoms with Crippen LogP contribution in [-0.2, 0) is 14.4 Å². The van der Waals surface area contributed by atoms with Crippen molar-refractivity contribution >= 4 is 23.8 Å². The zero-order chi connectivity index (χ0) is 16.9. The van der Waals surface area contributed by atoms with E-state index in [2.05, 4.69) is 5.32 Å². The minimum atomic E-state index is -1.22. The largest absolute Gasteiger partial charge is 0.480 e. The molecule has 0 aromatic heterocycles. The lowest BCUT2D eigenvalue weighted by molar-refractivity contribution is -0.138. The highest BCUT2D eigenvalue weighted by Gasteiger charge is 2.22. The molecule has 8 nitrogen and oxygen atoms in total. The molecule has 0 saturated heterocycles. The summed E-state index contributed by atoms with van der Waals surface area (Å²) in [7, 11) is 0. The molecule has 0 saturated carbocycles. The van der Waals surface area contributed by atoms with Gasteiger partial charge in [-0.3, -0.25) is 19.2 Å². The van der Waals surface area contributed by atoms with Crippen molar-refractivity contribution in [3.05, 3.63) is 23.8 Å². The maximum absolute atomic E-state index is 12.1. The Bertz CT molecular complexity index is 624. The minimum Gasteiger partial charge on any atom is -0.480 e. The van der Waals surface area contributed by atoms with Gasteiger partial charge in [0.15, 0.2) is 11.5 Å². The maximum Gasteiger partial charge on any atom is 0.325 e. The molecule has 0 fully saturated rings. The van der Waals surface area contributed by atoms with Crippen LogP contribution in [0.25, 0.3) is 0 Å². The first-order chi connectivity index (χ1) is 10.2. The number of aliphatic carboxylic acids is 1. The lowest BCUT2D eigenvalue weighted by Gasteiger charge is -2.14. The van der Waals surface area contributed by atoms with Crippen LogP contribution in [0, 0.1) is 0 Å². The number of carbonyl (C=O) groups excluding carboxylic acids is 3. The number of carboxylic acids is 1. The number of esters is 2. The summed E-state index contributed by atoms with van der Waals surface area (Å²) in [5, 5.41) is 11.0. The fourth-order valence-electron chi connectivity index (χ4n) is 1.51. The fraction of sp³-hybridized carbons (Fsp3) is 0.286. The van der Waals surface area contributed by atoms with Gasteiger partial charge in [0.05, 0.1) is 5.56 Å². The van der Waals surface area contributed by atoms with E-state index in [1.807, 2.05) is 0 Å². The first-order valence-corrected chi connectivity index (χ1v) is 6.26. The highest BCUT2D eigenvalue weighted by molar-refractivity contribution is 6.00. The van der Waals surface area contributed by atoms with Crippen LogP contribution in [0.15, 0.2) is 18.2 Å². The number of amides is 1. The van der Waals surface area contributed by atoms with Gasteiger partial charge < -0.3 is 19.9 Å².